The summed E-state index contributed by atoms with van der Waals surface area (Å²) in [4.78, 5) is 12.2. The van der Waals surface area contributed by atoms with Gasteiger partial charge in [-0.15, -0.1) is 0 Å². The van der Waals surface area contributed by atoms with E-state index in [1.54, 1.807) is 38.3 Å². The zero-order valence-corrected chi connectivity index (χ0v) is 13.3. The fraction of sp³-hybridized carbons (Fsp3) is 0.235. The lowest BCUT2D eigenvalue weighted by Gasteiger charge is -2.15. The number of methoxy groups -OCH3 is 1. The van der Waals surface area contributed by atoms with E-state index >= 15 is 0 Å². The van der Waals surface area contributed by atoms with Crippen molar-refractivity contribution in [1.82, 2.24) is 0 Å². The van der Waals surface area contributed by atoms with Gasteiger partial charge in [-0.2, -0.15) is 0 Å². The van der Waals surface area contributed by atoms with Crippen LogP contribution >= 0.6 is 11.6 Å². The van der Waals surface area contributed by atoms with Crippen LogP contribution in [0.15, 0.2) is 48.5 Å². The van der Waals surface area contributed by atoms with Gasteiger partial charge in [0.2, 0.25) is 0 Å². The molecule has 0 unspecified atom stereocenters. The van der Waals surface area contributed by atoms with Crippen molar-refractivity contribution in [3.63, 3.8) is 0 Å². The first-order chi connectivity index (χ1) is 10.6. The monoisotopic (exact) mass is 319 g/mol. The van der Waals surface area contributed by atoms with E-state index in [9.17, 15) is 4.79 Å². The van der Waals surface area contributed by atoms with Gasteiger partial charge in [-0.05, 0) is 48.9 Å². The molecule has 0 aromatic heterocycles. The zero-order chi connectivity index (χ0) is 15.9. The molecule has 1 N–H and O–H groups in total. The maximum atomic E-state index is 12.2. The minimum Gasteiger partial charge on any atom is -0.481 e. The van der Waals surface area contributed by atoms with E-state index in [2.05, 4.69) is 5.32 Å². The van der Waals surface area contributed by atoms with E-state index in [4.69, 9.17) is 21.1 Å². The fourth-order valence-electron chi connectivity index (χ4n) is 1.92. The quantitative estimate of drug-likeness (QED) is 0.878. The highest BCUT2D eigenvalue weighted by atomic mass is 35.5. The molecule has 0 saturated carbocycles. The average Bonchev–Trinajstić information content (AvgIpc) is 2.50. The molecule has 0 spiro atoms. The molecule has 0 bridgehead atoms. The Kier molecular flexibility index (Phi) is 5.81. The molecule has 2 rings (SSSR count). The summed E-state index contributed by atoms with van der Waals surface area (Å²) in [5.74, 6) is 0.379. The number of carbonyl (C=O) groups is 1. The van der Waals surface area contributed by atoms with Gasteiger partial charge < -0.3 is 14.8 Å². The molecule has 116 valence electrons. The molecule has 0 heterocycles. The molecule has 0 saturated heterocycles. The Bertz CT molecular complexity index is 628. The van der Waals surface area contributed by atoms with Crippen molar-refractivity contribution in [2.24, 2.45) is 0 Å². The summed E-state index contributed by atoms with van der Waals surface area (Å²) in [6, 6.07) is 14.4. The molecule has 0 aliphatic heterocycles. The predicted octanol–water partition coefficient (Wildman–Crippen LogP) is 3.89. The molecule has 1 atom stereocenters. The number of hydrogen-bond donors (Lipinski definition) is 1. The van der Waals surface area contributed by atoms with Crippen LogP contribution in [-0.4, -0.2) is 19.1 Å². The van der Waals surface area contributed by atoms with Gasteiger partial charge >= 0.3 is 0 Å². The number of rotatable bonds is 6. The van der Waals surface area contributed by atoms with Crippen LogP contribution in [0, 0.1) is 0 Å². The van der Waals surface area contributed by atoms with Gasteiger partial charge in [0, 0.05) is 17.8 Å². The van der Waals surface area contributed by atoms with Gasteiger partial charge in [0.15, 0.2) is 6.10 Å². The Balaban J connectivity index is 1.96. The summed E-state index contributed by atoms with van der Waals surface area (Å²) in [7, 11) is 1.63. The van der Waals surface area contributed by atoms with Crippen LogP contribution in [0.25, 0.3) is 0 Å². The number of hydrogen-bond acceptors (Lipinski definition) is 3. The topological polar surface area (TPSA) is 47.6 Å². The van der Waals surface area contributed by atoms with E-state index in [0.717, 1.165) is 5.56 Å². The van der Waals surface area contributed by atoms with E-state index < -0.39 is 6.10 Å². The Hall–Kier alpha value is -2.04. The number of amides is 1. The number of halogens is 1. The zero-order valence-electron chi connectivity index (χ0n) is 12.5. The molecule has 2 aromatic carbocycles. The lowest BCUT2D eigenvalue weighted by Crippen LogP contribution is -2.30. The van der Waals surface area contributed by atoms with Crippen molar-refractivity contribution in [1.29, 1.82) is 0 Å². The van der Waals surface area contributed by atoms with Crippen molar-refractivity contribution >= 4 is 23.2 Å². The molecule has 5 heteroatoms. The lowest BCUT2D eigenvalue weighted by molar-refractivity contribution is -0.122. The van der Waals surface area contributed by atoms with Gasteiger partial charge in [0.05, 0.1) is 6.61 Å². The number of ether oxygens (including phenoxy) is 2. The molecular formula is C17H18ClNO3. The molecule has 0 aliphatic rings. The Morgan fingerprint density at radius 1 is 1.23 bits per heavy atom. The lowest BCUT2D eigenvalue weighted by atomic mass is 10.2. The molecule has 22 heavy (non-hydrogen) atoms. The van der Waals surface area contributed by atoms with Crippen LogP contribution in [0.2, 0.25) is 5.02 Å². The highest BCUT2D eigenvalue weighted by Gasteiger charge is 2.15. The van der Waals surface area contributed by atoms with Crippen LogP contribution in [-0.2, 0) is 16.1 Å². The fourth-order valence-corrected chi connectivity index (χ4v) is 2.05. The molecule has 0 aliphatic carbocycles. The summed E-state index contributed by atoms with van der Waals surface area (Å²) in [6.45, 7) is 2.20. The van der Waals surface area contributed by atoms with Gasteiger partial charge in [-0.3, -0.25) is 4.79 Å². The van der Waals surface area contributed by atoms with E-state index in [-0.39, 0.29) is 5.91 Å². The van der Waals surface area contributed by atoms with E-state index in [1.807, 2.05) is 24.3 Å². The van der Waals surface area contributed by atoms with Gasteiger partial charge in [-0.25, -0.2) is 0 Å². The minimum atomic E-state index is -0.618. The van der Waals surface area contributed by atoms with Crippen LogP contribution in [0.5, 0.6) is 5.75 Å². The third-order valence-corrected chi connectivity index (χ3v) is 3.25. The first kappa shape index (κ1) is 16.3. The molecule has 2 aromatic rings. The summed E-state index contributed by atoms with van der Waals surface area (Å²) >= 11 is 5.81. The smallest absolute Gasteiger partial charge is 0.265 e. The number of benzene rings is 2. The summed E-state index contributed by atoms with van der Waals surface area (Å²) in [6.07, 6.45) is -0.618. The molecule has 0 radical (unpaired) electrons. The predicted molar refractivity (Wildman–Crippen MR) is 87.3 cm³/mol. The molecular weight excluding hydrogens is 302 g/mol. The highest BCUT2D eigenvalue weighted by molar-refractivity contribution is 6.30. The number of anilines is 1. The third kappa shape index (κ3) is 4.76. The van der Waals surface area contributed by atoms with Crippen LogP contribution in [0.3, 0.4) is 0 Å². The Morgan fingerprint density at radius 3 is 2.64 bits per heavy atom. The SMILES string of the molecule is COCc1cccc(NC(=O)[C@H](C)Oc2ccc(Cl)cc2)c1. The molecule has 4 nitrogen and oxygen atoms in total. The maximum Gasteiger partial charge on any atom is 0.265 e. The number of nitrogens with one attached hydrogen (secondary N) is 1. The maximum absolute atomic E-state index is 12.2. The van der Waals surface area contributed by atoms with Crippen molar-refractivity contribution in [2.45, 2.75) is 19.6 Å². The Labute approximate surface area is 135 Å². The molecule has 0 fully saturated rings. The summed E-state index contributed by atoms with van der Waals surface area (Å²) in [5, 5.41) is 3.45. The number of carbonyl (C=O) groups excluding carboxylic acids is 1. The van der Waals surface area contributed by atoms with E-state index in [1.165, 1.54) is 0 Å². The third-order valence-electron chi connectivity index (χ3n) is 3.00. The Morgan fingerprint density at radius 2 is 1.95 bits per heavy atom. The summed E-state index contributed by atoms with van der Waals surface area (Å²) in [5.41, 5.74) is 1.71. The van der Waals surface area contributed by atoms with Gasteiger partial charge in [0.1, 0.15) is 5.75 Å². The minimum absolute atomic E-state index is 0.218. The van der Waals surface area contributed by atoms with Crippen molar-refractivity contribution in [3.8, 4) is 5.75 Å². The standard InChI is InChI=1S/C17H18ClNO3/c1-12(22-16-8-6-14(18)7-9-16)17(20)19-15-5-3-4-13(10-15)11-21-2/h3-10,12H,11H2,1-2H3,(H,19,20)/t12-/m0/s1. The van der Waals surface area contributed by atoms with Crippen molar-refractivity contribution in [3.05, 3.63) is 59.1 Å². The van der Waals surface area contributed by atoms with Crippen LogP contribution in [0.1, 0.15) is 12.5 Å². The largest absolute Gasteiger partial charge is 0.481 e. The molecule has 1 amide bonds. The second-order valence-electron chi connectivity index (χ2n) is 4.84. The summed E-state index contributed by atoms with van der Waals surface area (Å²) < 4.78 is 10.7. The van der Waals surface area contributed by atoms with Gasteiger partial charge in [-0.1, -0.05) is 23.7 Å². The second-order valence-corrected chi connectivity index (χ2v) is 5.27. The van der Waals surface area contributed by atoms with E-state index in [0.29, 0.717) is 23.1 Å². The average molecular weight is 320 g/mol. The van der Waals surface area contributed by atoms with Gasteiger partial charge in [0.25, 0.3) is 5.91 Å². The highest BCUT2D eigenvalue weighted by Crippen LogP contribution is 2.18. The van der Waals surface area contributed by atoms with Crippen molar-refractivity contribution < 1.29 is 14.3 Å². The first-order valence-electron chi connectivity index (χ1n) is 6.89. The van der Waals surface area contributed by atoms with Crippen LogP contribution in [0.4, 0.5) is 5.69 Å². The van der Waals surface area contributed by atoms with Crippen molar-refractivity contribution in [2.75, 3.05) is 12.4 Å². The normalized spacial score (nSPS) is 11.8. The second kappa shape index (κ2) is 7.82. The first-order valence-corrected chi connectivity index (χ1v) is 7.27. The van der Waals surface area contributed by atoms with Crippen LogP contribution < -0.4 is 10.1 Å².